The Morgan fingerprint density at radius 3 is 2.75 bits per heavy atom. The Balaban J connectivity index is 2.92. The molecule has 0 bridgehead atoms. The summed E-state index contributed by atoms with van der Waals surface area (Å²) in [5.74, 6) is -2.16. The molecule has 1 N–H and O–H groups in total. The Kier molecular flexibility index (Phi) is 2.33. The Bertz CT molecular complexity index is 242. The highest BCUT2D eigenvalue weighted by atomic mass is 16.4. The zero-order valence-electron chi connectivity index (χ0n) is 6.86. The van der Waals surface area contributed by atoms with Gasteiger partial charge in [-0.3, -0.25) is 0 Å². The topological polar surface area (TPSA) is 60.4 Å². The van der Waals surface area contributed by atoms with Gasteiger partial charge in [0.2, 0.25) is 0 Å². The minimum absolute atomic E-state index is 0.368. The van der Waals surface area contributed by atoms with Gasteiger partial charge < -0.3 is 15.0 Å². The fourth-order valence-corrected chi connectivity index (χ4v) is 1.29. The molecule has 0 spiro atoms. The summed E-state index contributed by atoms with van der Waals surface area (Å²) in [4.78, 5) is 10.6. The lowest BCUT2D eigenvalue weighted by Crippen LogP contribution is -2.46. The molecular weight excluding hydrogens is 156 g/mol. The number of rotatable bonds is 2. The predicted molar refractivity (Wildman–Crippen MR) is 42.0 cm³/mol. The Morgan fingerprint density at radius 2 is 2.33 bits per heavy atom. The monoisotopic (exact) mass is 167 g/mol. The van der Waals surface area contributed by atoms with Crippen molar-refractivity contribution in [3.05, 3.63) is 24.3 Å². The first kappa shape index (κ1) is 9.00. The smallest absolute Gasteiger partial charge is 0.0942 e. The normalized spacial score (nSPS) is 33.7. The van der Waals surface area contributed by atoms with Gasteiger partial charge in [-0.2, -0.15) is 0 Å². The summed E-state index contributed by atoms with van der Waals surface area (Å²) in [6.07, 6.45) is 6.55. The van der Waals surface area contributed by atoms with Gasteiger partial charge in [0.05, 0.1) is 11.6 Å². The van der Waals surface area contributed by atoms with E-state index >= 15 is 0 Å². The quantitative estimate of drug-likeness (QED) is 0.609. The largest absolute Gasteiger partial charge is 0.549 e. The van der Waals surface area contributed by atoms with E-state index in [4.69, 9.17) is 0 Å². The van der Waals surface area contributed by atoms with E-state index in [2.05, 4.69) is 0 Å². The maximum Gasteiger partial charge on any atom is 0.0942 e. The zero-order chi connectivity index (χ0) is 9.19. The molecule has 0 amide bonds. The molecule has 0 heterocycles. The highest BCUT2D eigenvalue weighted by Crippen LogP contribution is 2.26. The highest BCUT2D eigenvalue weighted by molar-refractivity contribution is 5.72. The molecule has 2 atom stereocenters. The number of carboxylic acids is 1. The second kappa shape index (κ2) is 3.11. The van der Waals surface area contributed by atoms with Crippen molar-refractivity contribution in [2.75, 3.05) is 0 Å². The number of carboxylic acid groups (broad SMARTS) is 1. The molecule has 0 aliphatic heterocycles. The number of hydrogen-bond acceptors (Lipinski definition) is 3. The Morgan fingerprint density at radius 1 is 1.67 bits per heavy atom. The number of hydrogen-bond donors (Lipinski definition) is 1. The molecule has 0 radical (unpaired) electrons. The number of carbonyl (C=O) groups excluding carboxylic acids is 1. The number of carbonyl (C=O) groups is 1. The van der Waals surface area contributed by atoms with Gasteiger partial charge in [-0.15, -0.1) is 0 Å². The zero-order valence-corrected chi connectivity index (χ0v) is 6.86. The van der Waals surface area contributed by atoms with Crippen LogP contribution < -0.4 is 5.11 Å². The standard InChI is InChI=1S/C9H12O3/c1-2-9(12)6-4-3-5-7(9)8(10)11/h3-7,12H,2H2,1H3,(H,10,11)/p-1. The molecule has 0 saturated heterocycles. The van der Waals surface area contributed by atoms with Crippen LogP contribution in [-0.4, -0.2) is 16.7 Å². The van der Waals surface area contributed by atoms with Gasteiger partial charge in [-0.25, -0.2) is 0 Å². The van der Waals surface area contributed by atoms with E-state index in [9.17, 15) is 15.0 Å². The first-order chi connectivity index (χ1) is 5.60. The number of aliphatic carboxylic acids is 1. The fraction of sp³-hybridized carbons (Fsp3) is 0.444. The lowest BCUT2D eigenvalue weighted by molar-refractivity contribution is -0.313. The third-order valence-corrected chi connectivity index (χ3v) is 2.16. The molecule has 1 aliphatic rings. The van der Waals surface area contributed by atoms with Crippen LogP contribution in [0.3, 0.4) is 0 Å². The average Bonchev–Trinajstić information content (AvgIpc) is 2.05. The van der Waals surface area contributed by atoms with Gasteiger partial charge in [-0.1, -0.05) is 31.2 Å². The molecular formula is C9H11O3-. The molecule has 0 aromatic heterocycles. The molecule has 0 fully saturated rings. The summed E-state index contributed by atoms with van der Waals surface area (Å²) in [6.45, 7) is 1.74. The summed E-state index contributed by atoms with van der Waals surface area (Å²) in [7, 11) is 0. The van der Waals surface area contributed by atoms with Crippen molar-refractivity contribution in [2.45, 2.75) is 18.9 Å². The maximum absolute atomic E-state index is 10.6. The van der Waals surface area contributed by atoms with Crippen LogP contribution >= 0.6 is 0 Å². The predicted octanol–water partition coefficient (Wildman–Crippen LogP) is -0.380. The second-order valence-electron chi connectivity index (χ2n) is 2.89. The van der Waals surface area contributed by atoms with Gasteiger partial charge in [0, 0.05) is 5.92 Å². The van der Waals surface area contributed by atoms with Gasteiger partial charge >= 0.3 is 0 Å². The minimum atomic E-state index is -1.27. The second-order valence-corrected chi connectivity index (χ2v) is 2.89. The third-order valence-electron chi connectivity index (χ3n) is 2.16. The first-order valence-corrected chi connectivity index (χ1v) is 3.89. The van der Waals surface area contributed by atoms with Crippen molar-refractivity contribution in [2.24, 2.45) is 5.92 Å². The van der Waals surface area contributed by atoms with Crippen molar-refractivity contribution in [3.8, 4) is 0 Å². The van der Waals surface area contributed by atoms with Crippen LogP contribution in [0.2, 0.25) is 0 Å². The molecule has 0 aromatic rings. The van der Waals surface area contributed by atoms with E-state index < -0.39 is 17.5 Å². The Labute approximate surface area is 71.0 Å². The van der Waals surface area contributed by atoms with E-state index in [0.29, 0.717) is 6.42 Å². The third kappa shape index (κ3) is 1.41. The molecule has 12 heavy (non-hydrogen) atoms. The summed E-state index contributed by atoms with van der Waals surface area (Å²) in [6, 6.07) is 0. The molecule has 3 nitrogen and oxygen atoms in total. The molecule has 0 aromatic carbocycles. The van der Waals surface area contributed by atoms with E-state index in [1.807, 2.05) is 0 Å². The van der Waals surface area contributed by atoms with Crippen molar-refractivity contribution < 1.29 is 15.0 Å². The van der Waals surface area contributed by atoms with Crippen LogP contribution in [-0.2, 0) is 4.79 Å². The lowest BCUT2D eigenvalue weighted by atomic mass is 9.82. The summed E-state index contributed by atoms with van der Waals surface area (Å²) < 4.78 is 0. The van der Waals surface area contributed by atoms with Gasteiger partial charge in [0.1, 0.15) is 0 Å². The maximum atomic E-state index is 10.6. The van der Waals surface area contributed by atoms with Crippen molar-refractivity contribution in [1.29, 1.82) is 0 Å². The van der Waals surface area contributed by atoms with Gasteiger partial charge in [-0.05, 0) is 6.42 Å². The molecule has 1 aliphatic carbocycles. The highest BCUT2D eigenvalue weighted by Gasteiger charge is 2.32. The van der Waals surface area contributed by atoms with Crippen LogP contribution in [0, 0.1) is 5.92 Å². The fourth-order valence-electron chi connectivity index (χ4n) is 1.29. The number of aliphatic hydroxyl groups is 1. The van der Waals surface area contributed by atoms with Crippen LogP contribution in [0.15, 0.2) is 24.3 Å². The van der Waals surface area contributed by atoms with E-state index in [1.54, 1.807) is 19.1 Å². The molecule has 1 rings (SSSR count). The lowest BCUT2D eigenvalue weighted by Gasteiger charge is -2.33. The first-order valence-electron chi connectivity index (χ1n) is 3.89. The van der Waals surface area contributed by atoms with E-state index in [-0.39, 0.29) is 0 Å². The van der Waals surface area contributed by atoms with E-state index in [1.165, 1.54) is 12.2 Å². The van der Waals surface area contributed by atoms with Crippen molar-refractivity contribution in [3.63, 3.8) is 0 Å². The molecule has 2 unspecified atom stereocenters. The van der Waals surface area contributed by atoms with Gasteiger partial charge in [0.15, 0.2) is 0 Å². The van der Waals surface area contributed by atoms with Crippen molar-refractivity contribution >= 4 is 5.97 Å². The molecule has 3 heteroatoms. The molecule has 0 saturated carbocycles. The molecule has 66 valence electrons. The van der Waals surface area contributed by atoms with Crippen molar-refractivity contribution in [1.82, 2.24) is 0 Å². The average molecular weight is 167 g/mol. The summed E-state index contributed by atoms with van der Waals surface area (Å²) in [5.41, 5.74) is -1.27. The van der Waals surface area contributed by atoms with E-state index in [0.717, 1.165) is 0 Å². The summed E-state index contributed by atoms with van der Waals surface area (Å²) in [5, 5.41) is 20.3. The van der Waals surface area contributed by atoms with Crippen LogP contribution in [0.25, 0.3) is 0 Å². The Hall–Kier alpha value is -1.09. The van der Waals surface area contributed by atoms with Gasteiger partial charge in [0.25, 0.3) is 0 Å². The number of allylic oxidation sites excluding steroid dienone is 2. The SMILES string of the molecule is CCC1(O)C=CC=CC1C(=O)[O-]. The van der Waals surface area contributed by atoms with Crippen LogP contribution in [0.5, 0.6) is 0 Å². The summed E-state index contributed by atoms with van der Waals surface area (Å²) >= 11 is 0. The minimum Gasteiger partial charge on any atom is -0.549 e. The van der Waals surface area contributed by atoms with Crippen LogP contribution in [0.4, 0.5) is 0 Å². The van der Waals surface area contributed by atoms with Crippen LogP contribution in [0.1, 0.15) is 13.3 Å².